The van der Waals surface area contributed by atoms with Gasteiger partial charge in [0.25, 0.3) is 0 Å². The number of nitrogens with one attached hydrogen (secondary N) is 2. The van der Waals surface area contributed by atoms with E-state index >= 15 is 0 Å². The first kappa shape index (κ1) is 15.9. The molecule has 1 atom stereocenters. The molecule has 0 bridgehead atoms. The lowest BCUT2D eigenvalue weighted by molar-refractivity contribution is 0.151. The van der Waals surface area contributed by atoms with Gasteiger partial charge >= 0.3 is 6.09 Å². The van der Waals surface area contributed by atoms with Crippen LogP contribution in [-0.2, 0) is 4.74 Å². The highest BCUT2D eigenvalue weighted by atomic mass is 35.5. The van der Waals surface area contributed by atoms with Gasteiger partial charge in [-0.25, -0.2) is 4.79 Å². The van der Waals surface area contributed by atoms with Gasteiger partial charge in [-0.1, -0.05) is 36.2 Å². The summed E-state index contributed by atoms with van der Waals surface area (Å²) in [6.45, 7) is 3.41. The summed E-state index contributed by atoms with van der Waals surface area (Å²) in [7, 11) is 0. The molecule has 0 radical (unpaired) electrons. The van der Waals surface area contributed by atoms with Gasteiger partial charge in [0.2, 0.25) is 5.96 Å². The predicted octanol–water partition coefficient (Wildman–Crippen LogP) is 3.17. The highest BCUT2D eigenvalue weighted by Gasteiger charge is 2.22. The maximum Gasteiger partial charge on any atom is 0.413 e. The van der Waals surface area contributed by atoms with E-state index in [4.69, 9.17) is 27.9 Å². The van der Waals surface area contributed by atoms with Crippen LogP contribution in [0, 0.1) is 0 Å². The fraction of sp³-hybridized carbons (Fsp3) is 0.429. The Kier molecular flexibility index (Phi) is 5.70. The third kappa shape index (κ3) is 4.25. The van der Waals surface area contributed by atoms with Gasteiger partial charge in [-0.05, 0) is 24.1 Å². The van der Waals surface area contributed by atoms with Crippen LogP contribution in [0.25, 0.3) is 0 Å². The molecule has 0 fully saturated rings. The zero-order chi connectivity index (χ0) is 15.2. The van der Waals surface area contributed by atoms with Gasteiger partial charge in [0.1, 0.15) is 0 Å². The highest BCUT2D eigenvalue weighted by molar-refractivity contribution is 6.36. The molecule has 114 valence electrons. The number of ether oxygens (including phenoxy) is 1. The number of amides is 1. The number of carbonyl (C=O) groups excluding carboxylic acids is 1. The Labute approximate surface area is 133 Å². The van der Waals surface area contributed by atoms with Gasteiger partial charge in [-0.15, -0.1) is 0 Å². The Balaban J connectivity index is 1.97. The van der Waals surface area contributed by atoms with Crippen molar-refractivity contribution < 1.29 is 9.53 Å². The highest BCUT2D eigenvalue weighted by Crippen LogP contribution is 2.32. The summed E-state index contributed by atoms with van der Waals surface area (Å²) in [6.07, 6.45) is 0.276. The lowest BCUT2D eigenvalue weighted by Crippen LogP contribution is -2.46. The minimum atomic E-state index is -0.502. The van der Waals surface area contributed by atoms with Crippen LogP contribution in [0.15, 0.2) is 23.2 Å². The first-order valence-electron chi connectivity index (χ1n) is 6.77. The molecule has 0 saturated heterocycles. The smallest absolute Gasteiger partial charge is 0.413 e. The van der Waals surface area contributed by atoms with Gasteiger partial charge in [-0.3, -0.25) is 10.3 Å². The number of aliphatic imine (C=N–C) groups is 1. The van der Waals surface area contributed by atoms with E-state index in [1.54, 1.807) is 0 Å². The van der Waals surface area contributed by atoms with Crippen molar-refractivity contribution in [1.29, 1.82) is 0 Å². The normalized spacial score (nSPS) is 17.7. The van der Waals surface area contributed by atoms with Crippen molar-refractivity contribution in [3.05, 3.63) is 33.8 Å². The largest absolute Gasteiger partial charge is 0.449 e. The third-order valence-electron chi connectivity index (χ3n) is 3.05. The van der Waals surface area contributed by atoms with Crippen molar-refractivity contribution in [1.82, 2.24) is 10.6 Å². The number of rotatable bonds is 3. The Hall–Kier alpha value is -1.46. The quantitative estimate of drug-likeness (QED) is 0.895. The number of benzene rings is 1. The van der Waals surface area contributed by atoms with E-state index in [1.807, 2.05) is 25.1 Å². The van der Waals surface area contributed by atoms with Crippen molar-refractivity contribution in [2.45, 2.75) is 19.3 Å². The van der Waals surface area contributed by atoms with E-state index in [2.05, 4.69) is 15.6 Å². The summed E-state index contributed by atoms with van der Waals surface area (Å²) in [4.78, 5) is 15.7. The van der Waals surface area contributed by atoms with Crippen LogP contribution in [0.3, 0.4) is 0 Å². The van der Waals surface area contributed by atoms with E-state index in [-0.39, 0.29) is 5.92 Å². The van der Waals surface area contributed by atoms with E-state index in [0.29, 0.717) is 35.7 Å². The molecule has 0 saturated carbocycles. The fourth-order valence-corrected chi connectivity index (χ4v) is 2.75. The van der Waals surface area contributed by atoms with E-state index < -0.39 is 6.09 Å². The standard InChI is InChI=1S/C14H17Cl2N3O2/c1-2-6-21-14(20)19-13-17-7-9(8-18-13)12-10(15)4-3-5-11(12)16/h3-5,9H,2,6-8H2,1H3,(H2,17,18,19,20). The first-order chi connectivity index (χ1) is 10.1. The van der Waals surface area contributed by atoms with Crippen LogP contribution < -0.4 is 10.6 Å². The summed E-state index contributed by atoms with van der Waals surface area (Å²) in [5.74, 6) is 0.485. The predicted molar refractivity (Wildman–Crippen MR) is 84.3 cm³/mol. The van der Waals surface area contributed by atoms with E-state index in [9.17, 15) is 4.79 Å². The topological polar surface area (TPSA) is 62.7 Å². The maximum absolute atomic E-state index is 11.4. The lowest BCUT2D eigenvalue weighted by atomic mass is 9.98. The number of alkyl carbamates (subject to hydrolysis) is 1. The minimum absolute atomic E-state index is 0.0726. The Morgan fingerprint density at radius 1 is 1.48 bits per heavy atom. The number of nitrogens with zero attached hydrogens (tertiary/aromatic N) is 1. The van der Waals surface area contributed by atoms with Gasteiger partial charge in [-0.2, -0.15) is 0 Å². The Morgan fingerprint density at radius 2 is 2.19 bits per heavy atom. The average molecular weight is 330 g/mol. The average Bonchev–Trinajstić information content (AvgIpc) is 2.46. The maximum atomic E-state index is 11.4. The van der Waals surface area contributed by atoms with Crippen molar-refractivity contribution in [2.75, 3.05) is 19.7 Å². The zero-order valence-corrected chi connectivity index (χ0v) is 13.2. The SMILES string of the molecule is CCCOC(=O)NC1=NCC(c2c(Cl)cccc2Cl)CN1. The van der Waals surface area contributed by atoms with Crippen LogP contribution in [0.2, 0.25) is 10.0 Å². The second-order valence-corrected chi connectivity index (χ2v) is 5.48. The second kappa shape index (κ2) is 7.52. The molecular weight excluding hydrogens is 313 g/mol. The molecule has 1 aromatic carbocycles. The first-order valence-corrected chi connectivity index (χ1v) is 7.53. The summed E-state index contributed by atoms with van der Waals surface area (Å²) in [5, 5.41) is 6.87. The molecule has 0 aromatic heterocycles. The molecule has 1 aliphatic rings. The van der Waals surface area contributed by atoms with Crippen LogP contribution in [0.5, 0.6) is 0 Å². The van der Waals surface area contributed by atoms with Crippen LogP contribution >= 0.6 is 23.2 Å². The molecule has 1 unspecified atom stereocenters. The molecule has 1 aliphatic heterocycles. The molecule has 1 amide bonds. The summed E-state index contributed by atoms with van der Waals surface area (Å²) < 4.78 is 4.93. The molecule has 1 heterocycles. The van der Waals surface area contributed by atoms with Gasteiger partial charge in [0.05, 0.1) is 13.2 Å². The van der Waals surface area contributed by atoms with E-state index in [0.717, 1.165) is 12.0 Å². The number of hydrogen-bond acceptors (Lipinski definition) is 4. The monoisotopic (exact) mass is 329 g/mol. The van der Waals surface area contributed by atoms with Crippen molar-refractivity contribution in [3.8, 4) is 0 Å². The number of guanidine groups is 1. The molecule has 0 aliphatic carbocycles. The van der Waals surface area contributed by atoms with Crippen LogP contribution in [0.4, 0.5) is 4.79 Å². The molecule has 5 nitrogen and oxygen atoms in total. The Morgan fingerprint density at radius 3 is 2.76 bits per heavy atom. The number of hydrogen-bond donors (Lipinski definition) is 2. The van der Waals surface area contributed by atoms with Crippen molar-refractivity contribution in [2.24, 2.45) is 4.99 Å². The third-order valence-corrected chi connectivity index (χ3v) is 3.71. The number of carbonyl (C=O) groups is 1. The molecule has 1 aromatic rings. The van der Waals surface area contributed by atoms with Crippen LogP contribution in [0.1, 0.15) is 24.8 Å². The van der Waals surface area contributed by atoms with Crippen molar-refractivity contribution >= 4 is 35.3 Å². The van der Waals surface area contributed by atoms with Crippen LogP contribution in [-0.4, -0.2) is 31.7 Å². The fourth-order valence-electron chi connectivity index (χ4n) is 2.05. The van der Waals surface area contributed by atoms with Gasteiger partial charge in [0, 0.05) is 22.5 Å². The second-order valence-electron chi connectivity index (χ2n) is 4.66. The summed E-state index contributed by atoms with van der Waals surface area (Å²) in [5.41, 5.74) is 0.879. The molecule has 2 N–H and O–H groups in total. The summed E-state index contributed by atoms with van der Waals surface area (Å²) >= 11 is 12.4. The zero-order valence-electron chi connectivity index (χ0n) is 11.7. The molecule has 21 heavy (non-hydrogen) atoms. The minimum Gasteiger partial charge on any atom is -0.449 e. The van der Waals surface area contributed by atoms with Gasteiger partial charge in [0.15, 0.2) is 0 Å². The molecule has 2 rings (SSSR count). The molecule has 7 heteroatoms. The van der Waals surface area contributed by atoms with E-state index in [1.165, 1.54) is 0 Å². The van der Waals surface area contributed by atoms with Gasteiger partial charge < -0.3 is 10.1 Å². The molecular formula is C14H17Cl2N3O2. The molecule has 0 spiro atoms. The Bertz CT molecular complexity index is 529. The van der Waals surface area contributed by atoms with Crippen molar-refractivity contribution in [3.63, 3.8) is 0 Å². The lowest BCUT2D eigenvalue weighted by Gasteiger charge is -2.24. The summed E-state index contributed by atoms with van der Waals surface area (Å²) in [6, 6.07) is 5.43. The number of halogens is 2.